The van der Waals surface area contributed by atoms with Crippen LogP contribution in [-0.4, -0.2) is 5.11 Å². The van der Waals surface area contributed by atoms with E-state index in [0.717, 1.165) is 27.5 Å². The molecule has 0 atom stereocenters. The van der Waals surface area contributed by atoms with Gasteiger partial charge in [-0.25, -0.2) is 4.39 Å². The first-order valence-electron chi connectivity index (χ1n) is 9.20. The van der Waals surface area contributed by atoms with Gasteiger partial charge in [0.25, 0.3) is 0 Å². The standard InChI is InChI=1S/C26H19FO/c27-25-13-10-21(11-14-25)16-24-17-23-15-20(9-12-22(23)18-26(24)28)8-4-7-19-5-2-1-3-6-19/h1-3,5-6,9-15,17-18,28H,7,16H2. The number of halogens is 1. The Hall–Kier alpha value is -3.57. The van der Waals surface area contributed by atoms with E-state index in [1.807, 2.05) is 42.5 Å². The summed E-state index contributed by atoms with van der Waals surface area (Å²) in [5.74, 6) is 6.43. The molecule has 0 amide bonds. The van der Waals surface area contributed by atoms with Crippen molar-refractivity contribution in [2.75, 3.05) is 0 Å². The maximum Gasteiger partial charge on any atom is 0.123 e. The third kappa shape index (κ3) is 4.22. The van der Waals surface area contributed by atoms with Crippen LogP contribution in [0.25, 0.3) is 10.8 Å². The number of benzene rings is 4. The van der Waals surface area contributed by atoms with Gasteiger partial charge in [0.05, 0.1) is 0 Å². The molecule has 0 aliphatic heterocycles. The van der Waals surface area contributed by atoms with Gasteiger partial charge in [-0.15, -0.1) is 0 Å². The van der Waals surface area contributed by atoms with Gasteiger partial charge in [-0.1, -0.05) is 60.4 Å². The Morgan fingerprint density at radius 3 is 2.32 bits per heavy atom. The quantitative estimate of drug-likeness (QED) is 0.450. The lowest BCUT2D eigenvalue weighted by atomic mass is 9.99. The molecule has 1 nitrogen and oxygen atoms in total. The van der Waals surface area contributed by atoms with Crippen molar-refractivity contribution in [3.05, 3.63) is 113 Å². The molecule has 4 aromatic carbocycles. The van der Waals surface area contributed by atoms with Crippen molar-refractivity contribution in [1.82, 2.24) is 0 Å². The number of fused-ring (bicyclic) bond motifs is 1. The van der Waals surface area contributed by atoms with E-state index in [1.54, 1.807) is 18.2 Å². The molecular formula is C26H19FO. The second-order valence-electron chi connectivity index (χ2n) is 6.81. The van der Waals surface area contributed by atoms with E-state index >= 15 is 0 Å². The molecule has 0 radical (unpaired) electrons. The van der Waals surface area contributed by atoms with Crippen molar-refractivity contribution < 1.29 is 9.50 Å². The molecule has 4 rings (SSSR count). The third-order valence-corrected chi connectivity index (χ3v) is 4.71. The molecule has 0 bridgehead atoms. The predicted octanol–water partition coefficient (Wildman–Crippen LogP) is 5.87. The largest absolute Gasteiger partial charge is 0.508 e. The fourth-order valence-corrected chi connectivity index (χ4v) is 3.22. The number of hydrogen-bond acceptors (Lipinski definition) is 1. The summed E-state index contributed by atoms with van der Waals surface area (Å²) < 4.78 is 13.1. The highest BCUT2D eigenvalue weighted by Gasteiger charge is 2.06. The molecule has 136 valence electrons. The maximum absolute atomic E-state index is 13.1. The van der Waals surface area contributed by atoms with Crippen LogP contribution in [0.15, 0.2) is 84.9 Å². The average molecular weight is 366 g/mol. The first kappa shape index (κ1) is 17.8. The van der Waals surface area contributed by atoms with Crippen LogP contribution in [-0.2, 0) is 12.8 Å². The smallest absolute Gasteiger partial charge is 0.123 e. The summed E-state index contributed by atoms with van der Waals surface area (Å²) in [6.07, 6.45) is 1.26. The Morgan fingerprint density at radius 2 is 1.54 bits per heavy atom. The molecule has 0 saturated carbocycles. The van der Waals surface area contributed by atoms with Crippen LogP contribution in [0.3, 0.4) is 0 Å². The highest BCUT2D eigenvalue weighted by Crippen LogP contribution is 2.28. The second-order valence-corrected chi connectivity index (χ2v) is 6.81. The van der Waals surface area contributed by atoms with E-state index in [0.29, 0.717) is 12.8 Å². The summed E-state index contributed by atoms with van der Waals surface area (Å²) in [5.41, 5.74) is 3.91. The Balaban J connectivity index is 1.59. The van der Waals surface area contributed by atoms with E-state index in [-0.39, 0.29) is 11.6 Å². The van der Waals surface area contributed by atoms with Crippen LogP contribution in [0, 0.1) is 17.7 Å². The Kier molecular flexibility index (Phi) is 5.08. The van der Waals surface area contributed by atoms with Crippen LogP contribution in [0.2, 0.25) is 0 Å². The maximum atomic E-state index is 13.1. The Bertz CT molecular complexity index is 1170. The van der Waals surface area contributed by atoms with Gasteiger partial charge >= 0.3 is 0 Å². The summed E-state index contributed by atoms with van der Waals surface area (Å²) in [7, 11) is 0. The summed E-state index contributed by atoms with van der Waals surface area (Å²) >= 11 is 0. The molecule has 0 aliphatic rings. The monoisotopic (exact) mass is 366 g/mol. The van der Waals surface area contributed by atoms with Crippen molar-refractivity contribution >= 4 is 10.8 Å². The van der Waals surface area contributed by atoms with Crippen LogP contribution in [0.4, 0.5) is 4.39 Å². The SMILES string of the molecule is Oc1cc2ccc(C#CCc3ccccc3)cc2cc1Cc1ccc(F)cc1. The Morgan fingerprint density at radius 1 is 0.750 bits per heavy atom. The van der Waals surface area contributed by atoms with E-state index in [2.05, 4.69) is 24.0 Å². The molecule has 1 N–H and O–H groups in total. The molecule has 0 heterocycles. The van der Waals surface area contributed by atoms with Crippen LogP contribution < -0.4 is 0 Å². The van der Waals surface area contributed by atoms with Gasteiger partial charge in [0, 0.05) is 18.4 Å². The van der Waals surface area contributed by atoms with Gasteiger partial charge < -0.3 is 5.11 Å². The lowest BCUT2D eigenvalue weighted by Crippen LogP contribution is -1.90. The number of phenolic OH excluding ortho intramolecular Hbond substituents is 1. The van der Waals surface area contributed by atoms with E-state index in [1.165, 1.54) is 17.7 Å². The molecule has 28 heavy (non-hydrogen) atoms. The van der Waals surface area contributed by atoms with E-state index in [4.69, 9.17) is 0 Å². The molecule has 0 fully saturated rings. The highest BCUT2D eigenvalue weighted by atomic mass is 19.1. The van der Waals surface area contributed by atoms with Crippen molar-refractivity contribution in [3.63, 3.8) is 0 Å². The first-order valence-corrected chi connectivity index (χ1v) is 9.20. The van der Waals surface area contributed by atoms with Gasteiger partial charge in [-0.05, 0) is 63.9 Å². The van der Waals surface area contributed by atoms with Gasteiger partial charge in [0.1, 0.15) is 11.6 Å². The van der Waals surface area contributed by atoms with Gasteiger partial charge in [-0.3, -0.25) is 0 Å². The van der Waals surface area contributed by atoms with Crippen molar-refractivity contribution in [3.8, 4) is 17.6 Å². The molecule has 0 aliphatic carbocycles. The topological polar surface area (TPSA) is 20.2 Å². The summed E-state index contributed by atoms with van der Waals surface area (Å²) in [6, 6.07) is 26.3. The van der Waals surface area contributed by atoms with Crippen LogP contribution in [0.5, 0.6) is 5.75 Å². The van der Waals surface area contributed by atoms with Gasteiger partial charge in [0.2, 0.25) is 0 Å². The minimum Gasteiger partial charge on any atom is -0.508 e. The Labute approximate surface area is 164 Å². The summed E-state index contributed by atoms with van der Waals surface area (Å²) in [4.78, 5) is 0. The average Bonchev–Trinajstić information content (AvgIpc) is 2.71. The van der Waals surface area contributed by atoms with E-state index in [9.17, 15) is 9.50 Å². The van der Waals surface area contributed by atoms with Crippen LogP contribution >= 0.6 is 0 Å². The fraction of sp³-hybridized carbons (Fsp3) is 0.0769. The summed E-state index contributed by atoms with van der Waals surface area (Å²) in [5, 5.41) is 12.4. The number of hydrogen-bond donors (Lipinski definition) is 1. The van der Waals surface area contributed by atoms with Crippen LogP contribution in [0.1, 0.15) is 22.3 Å². The van der Waals surface area contributed by atoms with Crippen molar-refractivity contribution in [2.45, 2.75) is 12.8 Å². The zero-order valence-corrected chi connectivity index (χ0v) is 15.3. The number of phenols is 1. The van der Waals surface area contributed by atoms with Gasteiger partial charge in [0.15, 0.2) is 0 Å². The molecule has 2 heteroatoms. The van der Waals surface area contributed by atoms with Crippen molar-refractivity contribution in [1.29, 1.82) is 0 Å². The fourth-order valence-electron chi connectivity index (χ4n) is 3.22. The minimum atomic E-state index is -0.259. The normalized spacial score (nSPS) is 10.5. The third-order valence-electron chi connectivity index (χ3n) is 4.71. The molecule has 0 saturated heterocycles. The zero-order chi connectivity index (χ0) is 19.3. The molecule has 0 aromatic heterocycles. The minimum absolute atomic E-state index is 0.250. The lowest BCUT2D eigenvalue weighted by molar-refractivity contribution is 0.470. The van der Waals surface area contributed by atoms with E-state index < -0.39 is 0 Å². The van der Waals surface area contributed by atoms with Crippen molar-refractivity contribution in [2.24, 2.45) is 0 Å². The first-order chi connectivity index (χ1) is 13.7. The van der Waals surface area contributed by atoms with Gasteiger partial charge in [-0.2, -0.15) is 0 Å². The molecular weight excluding hydrogens is 347 g/mol. The second kappa shape index (κ2) is 7.98. The number of rotatable bonds is 3. The molecule has 0 spiro atoms. The predicted molar refractivity (Wildman–Crippen MR) is 112 cm³/mol. The lowest BCUT2D eigenvalue weighted by Gasteiger charge is -2.08. The zero-order valence-electron chi connectivity index (χ0n) is 15.3. The number of aromatic hydroxyl groups is 1. The highest BCUT2D eigenvalue weighted by molar-refractivity contribution is 5.86. The summed E-state index contributed by atoms with van der Waals surface area (Å²) in [6.45, 7) is 0. The molecule has 0 unspecified atom stereocenters. The molecule has 4 aromatic rings.